The van der Waals surface area contributed by atoms with Gasteiger partial charge in [-0.3, -0.25) is 9.69 Å². The van der Waals surface area contributed by atoms with Gasteiger partial charge in [0.25, 0.3) is 0 Å². The molecule has 27 heavy (non-hydrogen) atoms. The molecule has 1 fully saturated rings. The average Bonchev–Trinajstić information content (AvgIpc) is 3.08. The maximum absolute atomic E-state index is 12.6. The van der Waals surface area contributed by atoms with Gasteiger partial charge in [0.15, 0.2) is 0 Å². The standard InChI is InChI=1S/C21H27N3O.2ClH/c1-16(20(22)18-10-6-3-7-11-18)21(25)23-19-12-13-24(15-19)14-17-8-4-2-5-9-17;;/h2-11,16,19-20H,12-15,22H2,1H3,(H,23,25);2*1H. The van der Waals surface area contributed by atoms with E-state index in [1.807, 2.05) is 43.3 Å². The zero-order chi connectivity index (χ0) is 17.6. The Morgan fingerprint density at radius 1 is 1.11 bits per heavy atom. The van der Waals surface area contributed by atoms with Gasteiger partial charge in [-0.15, -0.1) is 24.8 Å². The van der Waals surface area contributed by atoms with Gasteiger partial charge < -0.3 is 11.1 Å². The highest BCUT2D eigenvalue weighted by atomic mass is 35.5. The van der Waals surface area contributed by atoms with E-state index < -0.39 is 0 Å². The molecule has 3 unspecified atom stereocenters. The van der Waals surface area contributed by atoms with Crippen molar-refractivity contribution < 1.29 is 4.79 Å². The Morgan fingerprint density at radius 3 is 2.33 bits per heavy atom. The van der Waals surface area contributed by atoms with Crippen molar-refractivity contribution in [2.75, 3.05) is 13.1 Å². The third-order valence-electron chi connectivity index (χ3n) is 5.00. The number of amides is 1. The second kappa shape index (κ2) is 11.3. The lowest BCUT2D eigenvalue weighted by atomic mass is 9.94. The quantitative estimate of drug-likeness (QED) is 0.766. The van der Waals surface area contributed by atoms with Crippen LogP contribution in [-0.4, -0.2) is 29.9 Å². The first kappa shape index (κ1) is 23.4. The Kier molecular flexibility index (Phi) is 9.81. The first-order valence-corrected chi connectivity index (χ1v) is 9.00. The Labute approximate surface area is 174 Å². The molecule has 0 aliphatic carbocycles. The van der Waals surface area contributed by atoms with Gasteiger partial charge in [0.1, 0.15) is 0 Å². The number of halogens is 2. The molecule has 3 atom stereocenters. The molecule has 0 radical (unpaired) electrons. The second-order valence-corrected chi connectivity index (χ2v) is 6.94. The minimum Gasteiger partial charge on any atom is -0.352 e. The van der Waals surface area contributed by atoms with Crippen LogP contribution in [0.1, 0.15) is 30.5 Å². The van der Waals surface area contributed by atoms with E-state index in [-0.39, 0.29) is 48.7 Å². The normalized spacial score (nSPS) is 18.7. The largest absolute Gasteiger partial charge is 0.352 e. The highest BCUT2D eigenvalue weighted by Gasteiger charge is 2.28. The van der Waals surface area contributed by atoms with Crippen molar-refractivity contribution in [1.82, 2.24) is 10.2 Å². The second-order valence-electron chi connectivity index (χ2n) is 6.94. The summed E-state index contributed by atoms with van der Waals surface area (Å²) in [4.78, 5) is 15.0. The van der Waals surface area contributed by atoms with E-state index in [0.29, 0.717) is 0 Å². The molecule has 2 aromatic carbocycles. The fourth-order valence-electron chi connectivity index (χ4n) is 3.40. The van der Waals surface area contributed by atoms with E-state index in [2.05, 4.69) is 34.5 Å². The van der Waals surface area contributed by atoms with Crippen LogP contribution in [0.4, 0.5) is 0 Å². The van der Waals surface area contributed by atoms with Crippen molar-refractivity contribution >= 4 is 30.7 Å². The number of nitrogens with one attached hydrogen (secondary N) is 1. The van der Waals surface area contributed by atoms with Gasteiger partial charge in [-0.25, -0.2) is 0 Å². The lowest BCUT2D eigenvalue weighted by Crippen LogP contribution is -2.42. The van der Waals surface area contributed by atoms with Crippen molar-refractivity contribution in [1.29, 1.82) is 0 Å². The molecule has 0 bridgehead atoms. The van der Waals surface area contributed by atoms with Crippen LogP contribution in [0.2, 0.25) is 0 Å². The number of nitrogens with two attached hydrogens (primary N) is 1. The third-order valence-corrected chi connectivity index (χ3v) is 5.00. The molecule has 1 aliphatic rings. The number of carbonyl (C=O) groups is 1. The first-order chi connectivity index (χ1) is 12.1. The Balaban J connectivity index is 0.00000182. The molecule has 0 aromatic heterocycles. The Hall–Kier alpha value is -1.59. The lowest BCUT2D eigenvalue weighted by molar-refractivity contribution is -0.125. The van der Waals surface area contributed by atoms with E-state index in [0.717, 1.165) is 31.6 Å². The first-order valence-electron chi connectivity index (χ1n) is 9.00. The summed E-state index contributed by atoms with van der Waals surface area (Å²) in [5.41, 5.74) is 8.59. The number of likely N-dealkylation sites (tertiary alicyclic amines) is 1. The van der Waals surface area contributed by atoms with Crippen LogP contribution in [-0.2, 0) is 11.3 Å². The van der Waals surface area contributed by atoms with Gasteiger partial charge in [-0.1, -0.05) is 67.6 Å². The van der Waals surface area contributed by atoms with E-state index in [4.69, 9.17) is 5.73 Å². The monoisotopic (exact) mass is 409 g/mol. The van der Waals surface area contributed by atoms with Gasteiger partial charge in [-0.2, -0.15) is 0 Å². The summed E-state index contributed by atoms with van der Waals surface area (Å²) in [7, 11) is 0. The van der Waals surface area contributed by atoms with Crippen molar-refractivity contribution in [3.8, 4) is 0 Å². The molecule has 6 heteroatoms. The van der Waals surface area contributed by atoms with Crippen LogP contribution in [0.25, 0.3) is 0 Å². The molecule has 0 saturated carbocycles. The van der Waals surface area contributed by atoms with Gasteiger partial charge in [0.05, 0.1) is 5.92 Å². The molecule has 148 valence electrons. The highest BCUT2D eigenvalue weighted by Crippen LogP contribution is 2.20. The molecule has 1 saturated heterocycles. The molecule has 0 spiro atoms. The summed E-state index contributed by atoms with van der Waals surface area (Å²) in [6, 6.07) is 20.2. The summed E-state index contributed by atoms with van der Waals surface area (Å²) in [6.07, 6.45) is 0.992. The minimum absolute atomic E-state index is 0. The minimum atomic E-state index is -0.275. The van der Waals surface area contributed by atoms with Crippen molar-refractivity contribution in [3.05, 3.63) is 71.8 Å². The lowest BCUT2D eigenvalue weighted by Gasteiger charge is -2.22. The summed E-state index contributed by atoms with van der Waals surface area (Å²) < 4.78 is 0. The molecule has 2 aromatic rings. The zero-order valence-electron chi connectivity index (χ0n) is 15.6. The molecule has 1 heterocycles. The number of hydrogen-bond acceptors (Lipinski definition) is 3. The van der Waals surface area contributed by atoms with Gasteiger partial charge in [-0.05, 0) is 17.5 Å². The fourth-order valence-corrected chi connectivity index (χ4v) is 3.40. The SMILES string of the molecule is CC(C(=O)NC1CCN(Cc2ccccc2)C1)C(N)c1ccccc1.Cl.Cl. The summed E-state index contributed by atoms with van der Waals surface area (Å²) in [6.45, 7) is 4.75. The van der Waals surface area contributed by atoms with E-state index in [9.17, 15) is 4.79 Å². The molecule has 1 aliphatic heterocycles. The fraction of sp³-hybridized carbons (Fsp3) is 0.381. The van der Waals surface area contributed by atoms with Crippen LogP contribution in [0.15, 0.2) is 60.7 Å². The topological polar surface area (TPSA) is 58.4 Å². The molecule has 3 rings (SSSR count). The maximum Gasteiger partial charge on any atom is 0.225 e. The number of benzene rings is 2. The highest BCUT2D eigenvalue weighted by molar-refractivity contribution is 5.85. The predicted octanol–water partition coefficient (Wildman–Crippen LogP) is 3.56. The summed E-state index contributed by atoms with van der Waals surface area (Å²) >= 11 is 0. The van der Waals surface area contributed by atoms with Gasteiger partial charge >= 0.3 is 0 Å². The molecule has 1 amide bonds. The molecule has 4 nitrogen and oxygen atoms in total. The Bertz CT molecular complexity index is 684. The smallest absolute Gasteiger partial charge is 0.225 e. The van der Waals surface area contributed by atoms with Crippen LogP contribution in [0.3, 0.4) is 0 Å². The van der Waals surface area contributed by atoms with Gasteiger partial charge in [0, 0.05) is 31.7 Å². The number of nitrogens with zero attached hydrogens (tertiary/aromatic N) is 1. The zero-order valence-corrected chi connectivity index (χ0v) is 17.2. The molecular formula is C21H29Cl2N3O. The summed E-state index contributed by atoms with van der Waals surface area (Å²) in [5.74, 6) is -0.200. The van der Waals surface area contributed by atoms with Gasteiger partial charge in [0.2, 0.25) is 5.91 Å². The summed E-state index contributed by atoms with van der Waals surface area (Å²) in [5, 5.41) is 3.18. The molecule has 3 N–H and O–H groups in total. The van der Waals surface area contributed by atoms with E-state index in [1.165, 1.54) is 5.56 Å². The van der Waals surface area contributed by atoms with E-state index in [1.54, 1.807) is 0 Å². The van der Waals surface area contributed by atoms with Crippen molar-refractivity contribution in [2.24, 2.45) is 11.7 Å². The Morgan fingerprint density at radius 2 is 1.70 bits per heavy atom. The molecular weight excluding hydrogens is 381 g/mol. The number of rotatable bonds is 6. The van der Waals surface area contributed by atoms with Crippen LogP contribution in [0, 0.1) is 5.92 Å². The number of hydrogen-bond donors (Lipinski definition) is 2. The van der Waals surface area contributed by atoms with Crippen LogP contribution < -0.4 is 11.1 Å². The van der Waals surface area contributed by atoms with Crippen molar-refractivity contribution in [2.45, 2.75) is 32.0 Å². The average molecular weight is 410 g/mol. The van der Waals surface area contributed by atoms with Crippen molar-refractivity contribution in [3.63, 3.8) is 0 Å². The van der Waals surface area contributed by atoms with Crippen LogP contribution in [0.5, 0.6) is 0 Å². The van der Waals surface area contributed by atoms with Crippen LogP contribution >= 0.6 is 24.8 Å². The predicted molar refractivity (Wildman–Crippen MR) is 115 cm³/mol. The van der Waals surface area contributed by atoms with E-state index >= 15 is 0 Å². The third kappa shape index (κ3) is 6.51. The maximum atomic E-state index is 12.6. The number of carbonyl (C=O) groups excluding carboxylic acids is 1.